The molecule has 1 aromatic carbocycles. The van der Waals surface area contributed by atoms with Gasteiger partial charge in [0.25, 0.3) is 0 Å². The largest absolute Gasteiger partial charge is 0.513 e. The van der Waals surface area contributed by atoms with Crippen LogP contribution in [0, 0.1) is 11.8 Å². The third-order valence-electron chi connectivity index (χ3n) is 5.40. The highest BCUT2D eigenvalue weighted by atomic mass is 16.7. The summed E-state index contributed by atoms with van der Waals surface area (Å²) >= 11 is 0. The molecule has 0 heterocycles. The number of benzene rings is 1. The van der Waals surface area contributed by atoms with E-state index in [9.17, 15) is 24.3 Å². The Hall–Kier alpha value is -3.34. The van der Waals surface area contributed by atoms with Gasteiger partial charge in [-0.1, -0.05) is 40.7 Å². The van der Waals surface area contributed by atoms with Crippen LogP contribution in [-0.2, 0) is 30.2 Å². The van der Waals surface area contributed by atoms with Crippen molar-refractivity contribution in [3.05, 3.63) is 23.8 Å². The molecule has 0 spiro atoms. The van der Waals surface area contributed by atoms with Crippen molar-refractivity contribution in [3.63, 3.8) is 0 Å². The molecule has 0 bridgehead atoms. The number of rotatable bonds is 17. The number of nitrogens with one attached hydrogen (secondary N) is 1. The quantitative estimate of drug-likeness (QED) is 0.150. The number of hydrogen-bond donors (Lipinski definition) is 2. The van der Waals surface area contributed by atoms with E-state index in [1.54, 1.807) is 13.0 Å². The zero-order valence-corrected chi connectivity index (χ0v) is 23.8. The highest BCUT2D eigenvalue weighted by Gasteiger charge is 2.22. The minimum absolute atomic E-state index is 0.00281. The van der Waals surface area contributed by atoms with Crippen LogP contribution in [0.15, 0.2) is 18.2 Å². The lowest BCUT2D eigenvalue weighted by Gasteiger charge is -2.19. The van der Waals surface area contributed by atoms with E-state index in [2.05, 4.69) is 5.32 Å². The van der Waals surface area contributed by atoms with Crippen molar-refractivity contribution in [2.24, 2.45) is 11.8 Å². The Kier molecular flexibility index (Phi) is 15.6. The summed E-state index contributed by atoms with van der Waals surface area (Å²) in [4.78, 5) is 48.0. The topological polar surface area (TPSA) is 147 Å². The van der Waals surface area contributed by atoms with Gasteiger partial charge < -0.3 is 34.1 Å². The summed E-state index contributed by atoms with van der Waals surface area (Å²) in [7, 11) is 0. The Morgan fingerprint density at radius 1 is 0.872 bits per heavy atom. The number of carboxylic acids is 1. The molecule has 2 N–H and O–H groups in total. The van der Waals surface area contributed by atoms with Crippen LogP contribution in [0.1, 0.15) is 72.8 Å². The minimum atomic E-state index is -1.12. The number of esters is 1. The van der Waals surface area contributed by atoms with Crippen LogP contribution in [0.3, 0.4) is 0 Å². The first kappa shape index (κ1) is 33.7. The van der Waals surface area contributed by atoms with E-state index in [1.807, 2.05) is 34.6 Å². The molecular weight excluding hydrogens is 510 g/mol. The highest BCUT2D eigenvalue weighted by molar-refractivity contribution is 5.74. The summed E-state index contributed by atoms with van der Waals surface area (Å²) in [6.45, 7) is 11.9. The second-order valence-corrected chi connectivity index (χ2v) is 10.1. The lowest BCUT2D eigenvalue weighted by molar-refractivity contribution is -0.148. The van der Waals surface area contributed by atoms with Gasteiger partial charge in [0, 0.05) is 13.0 Å². The predicted molar refractivity (Wildman–Crippen MR) is 143 cm³/mol. The molecule has 0 radical (unpaired) electrons. The number of aliphatic carboxylic acids is 1. The Morgan fingerprint density at radius 3 is 1.95 bits per heavy atom. The lowest BCUT2D eigenvalue weighted by atomic mass is 10.0. The van der Waals surface area contributed by atoms with Crippen molar-refractivity contribution in [2.75, 3.05) is 19.8 Å². The molecule has 0 aliphatic carbocycles. The van der Waals surface area contributed by atoms with Crippen molar-refractivity contribution < 1.29 is 48.0 Å². The van der Waals surface area contributed by atoms with Gasteiger partial charge in [0.05, 0.1) is 13.2 Å². The molecule has 220 valence electrons. The van der Waals surface area contributed by atoms with Gasteiger partial charge in [0.1, 0.15) is 12.1 Å². The molecule has 39 heavy (non-hydrogen) atoms. The predicted octanol–water partition coefficient (Wildman–Crippen LogP) is 5.13. The molecule has 0 saturated carbocycles. The van der Waals surface area contributed by atoms with Crippen molar-refractivity contribution in [2.45, 2.75) is 85.8 Å². The van der Waals surface area contributed by atoms with Gasteiger partial charge in [0.15, 0.2) is 11.5 Å². The Labute approximate surface area is 230 Å². The summed E-state index contributed by atoms with van der Waals surface area (Å²) in [6.07, 6.45) is -0.236. The fraction of sp³-hybridized carbons (Fsp3) is 0.643. The molecule has 0 amide bonds. The van der Waals surface area contributed by atoms with Gasteiger partial charge in [-0.3, -0.25) is 9.59 Å². The van der Waals surface area contributed by atoms with Crippen molar-refractivity contribution in [3.8, 4) is 11.5 Å². The van der Waals surface area contributed by atoms with E-state index in [-0.39, 0.29) is 50.1 Å². The summed E-state index contributed by atoms with van der Waals surface area (Å²) in [5.74, 6) is -1.01. The van der Waals surface area contributed by atoms with Gasteiger partial charge >= 0.3 is 24.2 Å². The van der Waals surface area contributed by atoms with E-state index >= 15 is 0 Å². The summed E-state index contributed by atoms with van der Waals surface area (Å²) < 4.78 is 26.0. The third-order valence-corrected chi connectivity index (χ3v) is 5.40. The fourth-order valence-corrected chi connectivity index (χ4v) is 3.16. The van der Waals surface area contributed by atoms with Crippen molar-refractivity contribution in [1.29, 1.82) is 0 Å². The second-order valence-electron chi connectivity index (χ2n) is 10.1. The normalized spacial score (nSPS) is 12.5. The van der Waals surface area contributed by atoms with Crippen LogP contribution in [-0.4, -0.2) is 61.3 Å². The zero-order chi connectivity index (χ0) is 29.4. The van der Waals surface area contributed by atoms with Gasteiger partial charge in [-0.2, -0.15) is 0 Å². The maximum Gasteiger partial charge on any atom is 0.513 e. The summed E-state index contributed by atoms with van der Waals surface area (Å²) in [6, 6.07) is 3.32. The van der Waals surface area contributed by atoms with Gasteiger partial charge in [-0.25, -0.2) is 9.59 Å². The fourth-order valence-electron chi connectivity index (χ4n) is 3.16. The summed E-state index contributed by atoms with van der Waals surface area (Å²) in [5, 5.41) is 12.6. The molecule has 0 aromatic heterocycles. The van der Waals surface area contributed by atoms with Gasteiger partial charge in [-0.05, 0) is 62.1 Å². The van der Waals surface area contributed by atoms with E-state index < -0.39 is 30.4 Å². The van der Waals surface area contributed by atoms with Crippen molar-refractivity contribution >= 4 is 24.2 Å². The molecule has 1 unspecified atom stereocenters. The van der Waals surface area contributed by atoms with Gasteiger partial charge in [0.2, 0.25) is 0 Å². The SMILES string of the molecule is CCCC(=O)OC(C)CN[C@@H](Cc1ccc(OC(=O)OCCC(C)C)c(OC(=O)OCCC(C)C)c1)C(=O)O. The number of carbonyl (C=O) groups excluding carboxylic acids is 3. The van der Waals surface area contributed by atoms with Crippen LogP contribution in [0.25, 0.3) is 0 Å². The number of carbonyl (C=O) groups is 4. The first-order chi connectivity index (χ1) is 18.4. The molecule has 0 aliphatic heterocycles. The first-order valence-corrected chi connectivity index (χ1v) is 13.4. The van der Waals surface area contributed by atoms with E-state index in [1.165, 1.54) is 12.1 Å². The Bertz CT molecular complexity index is 931. The molecule has 0 saturated heterocycles. The zero-order valence-electron chi connectivity index (χ0n) is 23.8. The van der Waals surface area contributed by atoms with E-state index in [0.29, 0.717) is 36.7 Å². The number of hydrogen-bond acceptors (Lipinski definition) is 10. The third kappa shape index (κ3) is 15.0. The average Bonchev–Trinajstić information content (AvgIpc) is 2.82. The smallest absolute Gasteiger partial charge is 0.480 e. The average molecular weight is 554 g/mol. The Balaban J connectivity index is 2.97. The second kappa shape index (κ2) is 18.0. The monoisotopic (exact) mass is 553 g/mol. The molecule has 11 heteroatoms. The summed E-state index contributed by atoms with van der Waals surface area (Å²) in [5.41, 5.74) is 0.482. The van der Waals surface area contributed by atoms with Crippen LogP contribution in [0.5, 0.6) is 11.5 Å². The standard InChI is InChI=1S/C28H43NO10/c1-7-8-25(30)37-20(6)17-29-22(26(31)32)15-21-9-10-23(38-27(33)35-13-11-18(2)3)24(16-21)39-28(34)36-14-12-19(4)5/h9-10,16,18-20,22,29H,7-8,11-15,17H2,1-6H3,(H,31,32)/t20?,22-/m0/s1. The lowest BCUT2D eigenvalue weighted by Crippen LogP contribution is -2.42. The highest BCUT2D eigenvalue weighted by Crippen LogP contribution is 2.30. The minimum Gasteiger partial charge on any atom is -0.480 e. The molecule has 11 nitrogen and oxygen atoms in total. The van der Waals surface area contributed by atoms with Gasteiger partial charge in [-0.15, -0.1) is 0 Å². The number of carboxylic acid groups (broad SMARTS) is 1. The van der Waals surface area contributed by atoms with Crippen LogP contribution < -0.4 is 14.8 Å². The molecule has 0 aliphatic rings. The maximum atomic E-state index is 12.3. The Morgan fingerprint density at radius 2 is 1.44 bits per heavy atom. The van der Waals surface area contributed by atoms with Crippen LogP contribution in [0.4, 0.5) is 9.59 Å². The van der Waals surface area contributed by atoms with Crippen molar-refractivity contribution in [1.82, 2.24) is 5.32 Å². The molecule has 2 atom stereocenters. The molecule has 1 aromatic rings. The van der Waals surface area contributed by atoms with E-state index in [0.717, 1.165) is 0 Å². The maximum absolute atomic E-state index is 12.3. The molecular formula is C28H43NO10. The van der Waals surface area contributed by atoms with Crippen LogP contribution >= 0.6 is 0 Å². The van der Waals surface area contributed by atoms with E-state index in [4.69, 9.17) is 23.7 Å². The first-order valence-electron chi connectivity index (χ1n) is 13.4. The molecule has 0 fully saturated rings. The number of ether oxygens (including phenoxy) is 5. The molecule has 1 rings (SSSR count). The van der Waals surface area contributed by atoms with Crippen LogP contribution in [0.2, 0.25) is 0 Å².